The Hall–Kier alpha value is -1.92. The number of nitrogens with zero attached hydrogens (tertiary/aromatic N) is 5. The molecule has 0 aliphatic heterocycles. The Bertz CT molecular complexity index is 992. The first kappa shape index (κ1) is 22.8. The second kappa shape index (κ2) is 11.5. The number of methoxy groups -OCH3 is 1. The summed E-state index contributed by atoms with van der Waals surface area (Å²) in [6, 6.07) is 7.66. The van der Waals surface area contributed by atoms with Gasteiger partial charge in [-0.3, -0.25) is 10.1 Å². The second-order valence-corrected chi connectivity index (χ2v) is 9.44. The third kappa shape index (κ3) is 6.54. The number of hydrogen-bond acceptors (Lipinski definition) is 9. The van der Waals surface area contributed by atoms with E-state index in [4.69, 9.17) is 16.3 Å². The van der Waals surface area contributed by atoms with Gasteiger partial charge in [0.25, 0.3) is 0 Å². The third-order valence-corrected chi connectivity index (χ3v) is 6.90. The Morgan fingerprint density at radius 1 is 1.27 bits per heavy atom. The fourth-order valence-corrected chi connectivity index (χ4v) is 4.92. The zero-order valence-electron chi connectivity index (χ0n) is 16.1. The Morgan fingerprint density at radius 3 is 2.80 bits per heavy atom. The highest BCUT2D eigenvalue weighted by molar-refractivity contribution is 8.00. The largest absolute Gasteiger partial charge is 0.377 e. The maximum Gasteiger partial charge on any atom is 0.236 e. The van der Waals surface area contributed by atoms with Gasteiger partial charge >= 0.3 is 0 Å². The number of anilines is 1. The highest BCUT2D eigenvalue weighted by Gasteiger charge is 2.14. The number of nitrogens with one attached hydrogen (secondary N) is 1. The summed E-state index contributed by atoms with van der Waals surface area (Å²) in [6.07, 6.45) is 1.75. The van der Waals surface area contributed by atoms with Crippen LogP contribution in [0.5, 0.6) is 0 Å². The number of carbonyl (C=O) groups is 1. The van der Waals surface area contributed by atoms with E-state index in [9.17, 15) is 4.79 Å². The van der Waals surface area contributed by atoms with E-state index in [2.05, 4.69) is 32.3 Å². The summed E-state index contributed by atoms with van der Waals surface area (Å²) in [6.45, 7) is 4.63. The molecule has 2 aromatic heterocycles. The number of ether oxygens (including phenoxy) is 1. The molecule has 0 aliphatic rings. The van der Waals surface area contributed by atoms with Crippen molar-refractivity contribution in [3.63, 3.8) is 0 Å². The summed E-state index contributed by atoms with van der Waals surface area (Å²) < 4.78 is 7.77. The molecular formula is C18H19ClN6O2S3. The lowest BCUT2D eigenvalue weighted by Crippen LogP contribution is -2.14. The van der Waals surface area contributed by atoms with Gasteiger partial charge in [0.1, 0.15) is 6.61 Å². The lowest BCUT2D eigenvalue weighted by Gasteiger charge is -2.06. The predicted molar refractivity (Wildman–Crippen MR) is 121 cm³/mol. The maximum atomic E-state index is 12.3. The number of aromatic nitrogens is 5. The average Bonchev–Trinajstić information content (AvgIpc) is 3.34. The topological polar surface area (TPSA) is 94.8 Å². The van der Waals surface area contributed by atoms with Crippen molar-refractivity contribution in [3.05, 3.63) is 53.3 Å². The van der Waals surface area contributed by atoms with Crippen LogP contribution < -0.4 is 5.32 Å². The number of halogens is 1. The summed E-state index contributed by atoms with van der Waals surface area (Å²) >= 11 is 10.1. The van der Waals surface area contributed by atoms with Crippen LogP contribution in [0.15, 0.2) is 46.4 Å². The SMILES string of the molecule is C=CCn1c(COC)nnc1SCC(=O)Nc1nnc(SCc2ccc(Cl)cc2)s1. The number of allylic oxidation sites excluding steroid dienone is 1. The molecule has 158 valence electrons. The highest BCUT2D eigenvalue weighted by atomic mass is 35.5. The molecule has 1 N–H and O–H groups in total. The van der Waals surface area contributed by atoms with Crippen LogP contribution in [0, 0.1) is 0 Å². The van der Waals surface area contributed by atoms with Crippen LogP contribution in [0.4, 0.5) is 5.13 Å². The van der Waals surface area contributed by atoms with E-state index in [1.807, 2.05) is 28.8 Å². The highest BCUT2D eigenvalue weighted by Crippen LogP contribution is 2.29. The summed E-state index contributed by atoms with van der Waals surface area (Å²) in [5.41, 5.74) is 1.14. The maximum absolute atomic E-state index is 12.3. The van der Waals surface area contributed by atoms with Crippen molar-refractivity contribution in [2.24, 2.45) is 0 Å². The zero-order chi connectivity index (χ0) is 21.3. The molecule has 0 saturated carbocycles. The van der Waals surface area contributed by atoms with Crippen LogP contribution in [0.3, 0.4) is 0 Å². The molecule has 8 nitrogen and oxygen atoms in total. The zero-order valence-corrected chi connectivity index (χ0v) is 19.3. The van der Waals surface area contributed by atoms with Crippen LogP contribution in [0.2, 0.25) is 5.02 Å². The van der Waals surface area contributed by atoms with E-state index in [-0.39, 0.29) is 11.7 Å². The smallest absolute Gasteiger partial charge is 0.236 e. The van der Waals surface area contributed by atoms with Gasteiger partial charge in [-0.25, -0.2) is 0 Å². The first-order valence-corrected chi connectivity index (χ1v) is 11.9. The lowest BCUT2D eigenvalue weighted by molar-refractivity contribution is -0.113. The fraction of sp³-hybridized carbons (Fsp3) is 0.278. The second-order valence-electron chi connectivity index (χ2n) is 5.86. The van der Waals surface area contributed by atoms with Crippen molar-refractivity contribution in [3.8, 4) is 0 Å². The number of carbonyl (C=O) groups excluding carboxylic acids is 1. The van der Waals surface area contributed by atoms with Crippen molar-refractivity contribution in [2.75, 3.05) is 18.2 Å². The number of thioether (sulfide) groups is 2. The Morgan fingerprint density at radius 2 is 2.07 bits per heavy atom. The third-order valence-electron chi connectivity index (χ3n) is 3.64. The average molecular weight is 483 g/mol. The van der Waals surface area contributed by atoms with E-state index in [0.29, 0.717) is 34.3 Å². The van der Waals surface area contributed by atoms with Crippen LogP contribution in [-0.2, 0) is 28.4 Å². The molecular weight excluding hydrogens is 464 g/mol. The van der Waals surface area contributed by atoms with Crippen molar-refractivity contribution in [1.82, 2.24) is 25.0 Å². The molecule has 3 rings (SSSR count). The normalized spacial score (nSPS) is 10.9. The number of amides is 1. The summed E-state index contributed by atoms with van der Waals surface area (Å²) in [7, 11) is 1.59. The van der Waals surface area contributed by atoms with Crippen molar-refractivity contribution < 1.29 is 9.53 Å². The quantitative estimate of drug-likeness (QED) is 0.247. The van der Waals surface area contributed by atoms with E-state index >= 15 is 0 Å². The van der Waals surface area contributed by atoms with Crippen molar-refractivity contribution in [1.29, 1.82) is 0 Å². The van der Waals surface area contributed by atoms with E-state index in [0.717, 1.165) is 15.7 Å². The molecule has 2 heterocycles. The summed E-state index contributed by atoms with van der Waals surface area (Å²) in [5, 5.41) is 21.0. The molecule has 0 bridgehead atoms. The van der Waals surface area contributed by atoms with Gasteiger partial charge in [0.05, 0.1) is 5.75 Å². The molecule has 0 unspecified atom stereocenters. The summed E-state index contributed by atoms with van der Waals surface area (Å²) in [5.74, 6) is 1.42. The van der Waals surface area contributed by atoms with Crippen LogP contribution in [0.25, 0.3) is 0 Å². The monoisotopic (exact) mass is 482 g/mol. The molecule has 0 atom stereocenters. The Kier molecular flexibility index (Phi) is 8.70. The lowest BCUT2D eigenvalue weighted by atomic mass is 10.2. The Balaban J connectivity index is 1.49. The van der Waals surface area contributed by atoms with Crippen molar-refractivity contribution in [2.45, 2.75) is 28.4 Å². The minimum absolute atomic E-state index is 0.176. The molecule has 3 aromatic rings. The van der Waals surface area contributed by atoms with Gasteiger partial charge in [-0.2, -0.15) is 0 Å². The van der Waals surface area contributed by atoms with Gasteiger partial charge < -0.3 is 9.30 Å². The molecule has 0 aliphatic carbocycles. The van der Waals surface area contributed by atoms with Gasteiger partial charge in [-0.15, -0.1) is 27.0 Å². The molecule has 12 heteroatoms. The minimum Gasteiger partial charge on any atom is -0.377 e. The number of rotatable bonds is 11. The van der Waals surface area contributed by atoms with E-state index < -0.39 is 0 Å². The van der Waals surface area contributed by atoms with Crippen LogP contribution in [0.1, 0.15) is 11.4 Å². The predicted octanol–water partition coefficient (Wildman–Crippen LogP) is 4.14. The molecule has 0 radical (unpaired) electrons. The molecule has 30 heavy (non-hydrogen) atoms. The first-order valence-electron chi connectivity index (χ1n) is 8.74. The first-order chi connectivity index (χ1) is 14.6. The van der Waals surface area contributed by atoms with Gasteiger partial charge in [0, 0.05) is 24.4 Å². The van der Waals surface area contributed by atoms with Gasteiger partial charge in [0.15, 0.2) is 15.3 Å². The minimum atomic E-state index is -0.188. The molecule has 1 amide bonds. The van der Waals surface area contributed by atoms with Gasteiger partial charge in [-0.1, -0.05) is 64.7 Å². The molecule has 0 saturated heterocycles. The van der Waals surface area contributed by atoms with Crippen molar-refractivity contribution >= 4 is 57.5 Å². The number of benzene rings is 1. The number of hydrogen-bond donors (Lipinski definition) is 1. The Labute approximate surface area is 191 Å². The standard InChI is InChI=1S/C18H19ClN6O2S3/c1-3-8-25-14(9-27-2)21-23-17(25)28-11-15(26)20-16-22-24-18(30-16)29-10-12-4-6-13(19)7-5-12/h3-7H,1,8-11H2,2H3,(H,20,22,26). The molecule has 0 spiro atoms. The van der Waals surface area contributed by atoms with Crippen LogP contribution >= 0.6 is 46.5 Å². The van der Waals surface area contributed by atoms with Gasteiger partial charge in [-0.05, 0) is 17.7 Å². The van der Waals surface area contributed by atoms with Gasteiger partial charge in [0.2, 0.25) is 11.0 Å². The summed E-state index contributed by atoms with van der Waals surface area (Å²) in [4.78, 5) is 12.3. The van der Waals surface area contributed by atoms with Crippen LogP contribution in [-0.4, -0.2) is 43.7 Å². The van der Waals surface area contributed by atoms with E-state index in [1.165, 1.54) is 23.1 Å². The molecule has 1 aromatic carbocycles. The fourth-order valence-electron chi connectivity index (χ4n) is 2.30. The molecule has 0 fully saturated rings. The van der Waals surface area contributed by atoms with E-state index in [1.54, 1.807) is 24.9 Å².